The van der Waals surface area contributed by atoms with Crippen molar-refractivity contribution in [2.24, 2.45) is 0 Å². The van der Waals surface area contributed by atoms with Gasteiger partial charge < -0.3 is 0 Å². The number of hydrogen-bond donors (Lipinski definition) is 0. The molecule has 1 unspecified atom stereocenters. The van der Waals surface area contributed by atoms with Crippen LogP contribution in [-0.4, -0.2) is 18.0 Å². The van der Waals surface area contributed by atoms with Crippen molar-refractivity contribution < 1.29 is 8.42 Å². The molecule has 15 heavy (non-hydrogen) atoms. The Morgan fingerprint density at radius 2 is 1.87 bits per heavy atom. The molecule has 1 aromatic rings. The van der Waals surface area contributed by atoms with E-state index in [0.717, 1.165) is 9.79 Å². The molecular formula is C8H5Cl3O2S2. The van der Waals surface area contributed by atoms with Gasteiger partial charge in [0.05, 0.1) is 4.90 Å². The Labute approximate surface area is 107 Å². The molecule has 0 saturated heterocycles. The first-order valence-corrected chi connectivity index (χ1v) is 7.59. The molecule has 1 aliphatic heterocycles. The smallest absolute Gasteiger partial charge is 0.199 e. The normalized spacial score (nSPS) is 16.3. The maximum atomic E-state index is 11.9. The third-order valence-electron chi connectivity index (χ3n) is 1.91. The number of hydrogen-bond acceptors (Lipinski definition) is 3. The van der Waals surface area contributed by atoms with E-state index in [4.69, 9.17) is 34.8 Å². The van der Waals surface area contributed by atoms with E-state index in [9.17, 15) is 8.42 Å². The number of halogens is 3. The highest BCUT2D eigenvalue weighted by molar-refractivity contribution is 8.05. The summed E-state index contributed by atoms with van der Waals surface area (Å²) in [5.41, 5.74) is 0. The first-order valence-electron chi connectivity index (χ1n) is 3.91. The minimum atomic E-state index is -3.64. The van der Waals surface area contributed by atoms with Crippen LogP contribution in [0.5, 0.6) is 0 Å². The highest BCUT2D eigenvalue weighted by atomic mass is 35.5. The van der Waals surface area contributed by atoms with Crippen LogP contribution < -0.4 is 0 Å². The number of benzene rings is 1. The molecule has 0 N–H and O–H groups in total. The van der Waals surface area contributed by atoms with Gasteiger partial charge in [-0.1, -0.05) is 17.8 Å². The summed E-state index contributed by atoms with van der Waals surface area (Å²) in [5.74, 6) is 0. The molecule has 0 bridgehead atoms. The van der Waals surface area contributed by atoms with Gasteiger partial charge in [0.2, 0.25) is 0 Å². The van der Waals surface area contributed by atoms with Crippen molar-refractivity contribution in [3.8, 4) is 0 Å². The van der Waals surface area contributed by atoms with Gasteiger partial charge in [0, 0.05) is 9.79 Å². The van der Waals surface area contributed by atoms with Gasteiger partial charge in [-0.3, -0.25) is 0 Å². The minimum absolute atomic E-state index is 0.219. The van der Waals surface area contributed by atoms with Gasteiger partial charge in [-0.05, 0) is 12.1 Å². The van der Waals surface area contributed by atoms with Crippen molar-refractivity contribution in [1.29, 1.82) is 0 Å². The largest absolute Gasteiger partial charge is 0.222 e. The molecule has 1 heterocycles. The summed E-state index contributed by atoms with van der Waals surface area (Å²) in [4.78, 5) is 0.783. The molecule has 1 aromatic carbocycles. The van der Waals surface area contributed by atoms with Crippen molar-refractivity contribution in [1.82, 2.24) is 0 Å². The zero-order valence-corrected chi connectivity index (χ0v) is 11.1. The Hall–Kier alpha value is 0.390. The van der Waals surface area contributed by atoms with Crippen molar-refractivity contribution in [3.63, 3.8) is 0 Å². The summed E-state index contributed by atoms with van der Waals surface area (Å²) in [6.45, 7) is 0. The zero-order valence-electron chi connectivity index (χ0n) is 7.15. The van der Waals surface area contributed by atoms with Crippen LogP contribution in [0.2, 0.25) is 0 Å². The highest BCUT2D eigenvalue weighted by Crippen LogP contribution is 2.52. The Morgan fingerprint density at radius 1 is 1.20 bits per heavy atom. The summed E-state index contributed by atoms with van der Waals surface area (Å²) in [7, 11) is -3.64. The van der Waals surface area contributed by atoms with E-state index >= 15 is 0 Å². The lowest BCUT2D eigenvalue weighted by Crippen LogP contribution is -2.21. The van der Waals surface area contributed by atoms with Crippen molar-refractivity contribution in [3.05, 3.63) is 18.2 Å². The summed E-state index contributed by atoms with van der Waals surface area (Å²) in [6.07, 6.45) is 0. The molecule has 2 rings (SSSR count). The van der Waals surface area contributed by atoms with Gasteiger partial charge >= 0.3 is 0 Å². The fraction of sp³-hybridized carbons (Fsp3) is 0.250. The molecule has 0 amide bonds. The van der Waals surface area contributed by atoms with Gasteiger partial charge in [0.15, 0.2) is 14.5 Å². The lowest BCUT2D eigenvalue weighted by Gasteiger charge is -2.10. The Kier molecular flexibility index (Phi) is 3.17. The van der Waals surface area contributed by atoms with E-state index in [1.807, 2.05) is 6.07 Å². The summed E-state index contributed by atoms with van der Waals surface area (Å²) in [6, 6.07) is 5.04. The van der Waals surface area contributed by atoms with Gasteiger partial charge in [0.1, 0.15) is 4.84 Å². The maximum Gasteiger partial charge on any atom is 0.199 e. The van der Waals surface area contributed by atoms with E-state index < -0.39 is 19.4 Å². The van der Waals surface area contributed by atoms with E-state index in [-0.39, 0.29) is 4.90 Å². The molecule has 1 aliphatic rings. The second-order valence-corrected chi connectivity index (χ2v) is 7.90. The first kappa shape index (κ1) is 11.9. The molecule has 1 atom stereocenters. The fourth-order valence-corrected chi connectivity index (χ4v) is 4.60. The van der Waals surface area contributed by atoms with Crippen LogP contribution in [-0.2, 0) is 9.84 Å². The Bertz CT molecular complexity index is 499. The topological polar surface area (TPSA) is 34.1 Å². The zero-order chi connectivity index (χ0) is 11.2. The highest BCUT2D eigenvalue weighted by Gasteiger charge is 2.36. The van der Waals surface area contributed by atoms with Crippen molar-refractivity contribution >= 4 is 56.4 Å². The second-order valence-electron chi connectivity index (χ2n) is 2.92. The van der Waals surface area contributed by atoms with E-state index in [1.54, 1.807) is 6.07 Å². The maximum absolute atomic E-state index is 11.9. The van der Waals surface area contributed by atoms with Crippen molar-refractivity contribution in [2.45, 2.75) is 24.2 Å². The lowest BCUT2D eigenvalue weighted by molar-refractivity contribution is 0.591. The standard InChI is InChI=1S/C8H5Cl3O2S2/c9-7(10)8(11)15(12,13)5-3-1-2-4-6(5)14-4/h1-3,7-8H. The predicted octanol–water partition coefficient (Wildman–Crippen LogP) is 3.29. The van der Waals surface area contributed by atoms with E-state index in [1.165, 1.54) is 17.8 Å². The van der Waals surface area contributed by atoms with Crippen LogP contribution in [0.15, 0.2) is 32.9 Å². The molecule has 7 heteroatoms. The first-order chi connectivity index (χ1) is 6.94. The van der Waals surface area contributed by atoms with Crippen LogP contribution in [0.1, 0.15) is 0 Å². The number of alkyl halides is 3. The third-order valence-corrected chi connectivity index (χ3v) is 6.88. The van der Waals surface area contributed by atoms with Crippen LogP contribution in [0.4, 0.5) is 0 Å². The molecule has 0 fully saturated rings. The van der Waals surface area contributed by atoms with Gasteiger partial charge in [0.25, 0.3) is 0 Å². The Balaban J connectivity index is 2.45. The monoisotopic (exact) mass is 302 g/mol. The molecule has 0 aromatic heterocycles. The summed E-state index contributed by atoms with van der Waals surface area (Å²) in [5, 5.41) is 0. The van der Waals surface area contributed by atoms with Crippen molar-refractivity contribution in [2.75, 3.05) is 0 Å². The van der Waals surface area contributed by atoms with Gasteiger partial charge in [-0.2, -0.15) is 0 Å². The molecular weight excluding hydrogens is 299 g/mol. The molecule has 82 valence electrons. The number of rotatable bonds is 3. The minimum Gasteiger partial charge on any atom is -0.222 e. The van der Waals surface area contributed by atoms with Gasteiger partial charge in [-0.15, -0.1) is 34.8 Å². The average molecular weight is 304 g/mol. The van der Waals surface area contributed by atoms with E-state index in [0.29, 0.717) is 0 Å². The second kappa shape index (κ2) is 4.00. The fourth-order valence-electron chi connectivity index (χ4n) is 1.15. The third kappa shape index (κ3) is 2.11. The summed E-state index contributed by atoms with van der Waals surface area (Å²) < 4.78 is 22.5. The average Bonchev–Trinajstić information content (AvgIpc) is 2.93. The van der Waals surface area contributed by atoms with Gasteiger partial charge in [-0.25, -0.2) is 8.42 Å². The lowest BCUT2D eigenvalue weighted by atomic mass is 10.4. The Morgan fingerprint density at radius 3 is 2.47 bits per heavy atom. The molecule has 0 radical (unpaired) electrons. The van der Waals surface area contributed by atoms with Crippen LogP contribution in [0.3, 0.4) is 0 Å². The molecule has 2 nitrogen and oxygen atoms in total. The van der Waals surface area contributed by atoms with E-state index in [2.05, 4.69) is 0 Å². The molecule has 0 aliphatic carbocycles. The van der Waals surface area contributed by atoms with Crippen LogP contribution in [0.25, 0.3) is 0 Å². The quantitative estimate of drug-likeness (QED) is 0.644. The molecule has 0 saturated carbocycles. The van der Waals surface area contributed by atoms with Crippen LogP contribution in [0, 0.1) is 0 Å². The SMILES string of the molecule is O=S(=O)(c1cccc2c1S2)C(Cl)C(Cl)Cl. The summed E-state index contributed by atoms with van der Waals surface area (Å²) >= 11 is 18.1. The number of fused-ring (bicyclic) bond motifs is 1. The predicted molar refractivity (Wildman–Crippen MR) is 62.9 cm³/mol. The molecule has 0 spiro atoms. The number of sulfone groups is 1. The van der Waals surface area contributed by atoms with Crippen LogP contribution >= 0.6 is 46.6 Å².